The van der Waals surface area contributed by atoms with Gasteiger partial charge in [0.15, 0.2) is 5.78 Å². The highest BCUT2D eigenvalue weighted by Crippen LogP contribution is 2.46. The summed E-state index contributed by atoms with van der Waals surface area (Å²) in [6.07, 6.45) is 1.33. The SMILES string of the molecule is CC1=C(C#N)C(c2ccc(Cl)cc2Cl)C2=C(CC(C(C)C)CC2=O)N1. The number of nitrogens with zero attached hydrogens (tertiary/aromatic N) is 1. The number of nitrogens with one attached hydrogen (secondary N) is 1. The summed E-state index contributed by atoms with van der Waals surface area (Å²) in [5, 5.41) is 14.0. The molecule has 0 saturated heterocycles. The van der Waals surface area contributed by atoms with E-state index in [4.69, 9.17) is 23.2 Å². The van der Waals surface area contributed by atoms with Gasteiger partial charge in [0.25, 0.3) is 0 Å². The number of carbonyl (C=O) groups is 1. The number of nitriles is 1. The van der Waals surface area contributed by atoms with Gasteiger partial charge in [-0.3, -0.25) is 4.79 Å². The fourth-order valence-electron chi connectivity index (χ4n) is 3.74. The lowest BCUT2D eigenvalue weighted by molar-refractivity contribution is -0.117. The molecule has 130 valence electrons. The number of benzene rings is 1. The van der Waals surface area contributed by atoms with Crippen LogP contribution < -0.4 is 5.32 Å². The maximum atomic E-state index is 13.0. The third-order valence-corrected chi connectivity index (χ3v) is 5.76. The minimum atomic E-state index is -0.424. The number of allylic oxidation sites excluding steroid dienone is 4. The van der Waals surface area contributed by atoms with Crippen LogP contribution in [0.2, 0.25) is 10.0 Å². The van der Waals surface area contributed by atoms with Crippen LogP contribution in [-0.4, -0.2) is 5.78 Å². The molecular formula is C20H20Cl2N2O. The molecule has 3 rings (SSSR count). The van der Waals surface area contributed by atoms with Crippen molar-refractivity contribution in [3.05, 3.63) is 56.3 Å². The molecule has 0 amide bonds. The monoisotopic (exact) mass is 374 g/mol. The van der Waals surface area contributed by atoms with Crippen LogP contribution in [-0.2, 0) is 4.79 Å². The van der Waals surface area contributed by atoms with Gasteiger partial charge in [-0.05, 0) is 42.9 Å². The lowest BCUT2D eigenvalue weighted by Crippen LogP contribution is -2.35. The summed E-state index contributed by atoms with van der Waals surface area (Å²) in [6, 6.07) is 7.50. The topological polar surface area (TPSA) is 52.9 Å². The Hall–Kier alpha value is -1.76. The van der Waals surface area contributed by atoms with Gasteiger partial charge in [-0.25, -0.2) is 0 Å². The van der Waals surface area contributed by atoms with E-state index in [1.165, 1.54) is 0 Å². The highest BCUT2D eigenvalue weighted by molar-refractivity contribution is 6.35. The molecule has 1 aromatic rings. The Labute approximate surface area is 158 Å². The van der Waals surface area contributed by atoms with E-state index in [1.54, 1.807) is 12.1 Å². The van der Waals surface area contributed by atoms with Gasteiger partial charge >= 0.3 is 0 Å². The molecule has 1 N–H and O–H groups in total. The van der Waals surface area contributed by atoms with E-state index >= 15 is 0 Å². The van der Waals surface area contributed by atoms with Crippen LogP contribution in [0.15, 0.2) is 40.7 Å². The number of hydrogen-bond donors (Lipinski definition) is 1. The van der Waals surface area contributed by atoms with Gasteiger partial charge in [0, 0.05) is 33.4 Å². The van der Waals surface area contributed by atoms with E-state index in [2.05, 4.69) is 25.2 Å². The van der Waals surface area contributed by atoms with Crippen molar-refractivity contribution >= 4 is 29.0 Å². The summed E-state index contributed by atoms with van der Waals surface area (Å²) >= 11 is 12.4. The van der Waals surface area contributed by atoms with Crippen molar-refractivity contribution in [2.75, 3.05) is 0 Å². The number of ketones is 1. The predicted octanol–water partition coefficient (Wildman–Crippen LogP) is 5.37. The number of dihydropyridines is 1. The van der Waals surface area contributed by atoms with Crippen LogP contribution in [0.4, 0.5) is 0 Å². The summed E-state index contributed by atoms with van der Waals surface area (Å²) in [5.74, 6) is 0.422. The zero-order chi connectivity index (χ0) is 18.3. The van der Waals surface area contributed by atoms with Crippen molar-refractivity contribution in [1.29, 1.82) is 5.26 Å². The molecule has 25 heavy (non-hydrogen) atoms. The fourth-order valence-corrected chi connectivity index (χ4v) is 4.25. The smallest absolute Gasteiger partial charge is 0.161 e. The van der Waals surface area contributed by atoms with Crippen LogP contribution in [0.1, 0.15) is 45.1 Å². The molecule has 0 fully saturated rings. The van der Waals surface area contributed by atoms with Crippen molar-refractivity contribution in [3.8, 4) is 6.07 Å². The van der Waals surface area contributed by atoms with Gasteiger partial charge in [-0.1, -0.05) is 43.1 Å². The van der Waals surface area contributed by atoms with Crippen LogP contribution in [0.3, 0.4) is 0 Å². The average Bonchev–Trinajstić information content (AvgIpc) is 2.53. The van der Waals surface area contributed by atoms with Crippen molar-refractivity contribution in [2.45, 2.75) is 39.5 Å². The summed E-state index contributed by atoms with van der Waals surface area (Å²) in [6.45, 7) is 6.16. The number of carbonyl (C=O) groups excluding carboxylic acids is 1. The van der Waals surface area contributed by atoms with Crippen LogP contribution in [0.5, 0.6) is 0 Å². The molecular weight excluding hydrogens is 355 g/mol. The Kier molecular flexibility index (Phi) is 4.95. The van der Waals surface area contributed by atoms with Gasteiger partial charge in [-0.15, -0.1) is 0 Å². The maximum absolute atomic E-state index is 13.0. The van der Waals surface area contributed by atoms with E-state index < -0.39 is 5.92 Å². The molecule has 1 heterocycles. The minimum Gasteiger partial charge on any atom is -0.361 e. The van der Waals surface area contributed by atoms with Crippen molar-refractivity contribution in [3.63, 3.8) is 0 Å². The Morgan fingerprint density at radius 3 is 2.60 bits per heavy atom. The summed E-state index contributed by atoms with van der Waals surface area (Å²) in [7, 11) is 0. The zero-order valence-corrected chi connectivity index (χ0v) is 16.0. The van der Waals surface area contributed by atoms with E-state index in [9.17, 15) is 10.1 Å². The predicted molar refractivity (Wildman–Crippen MR) is 100 cm³/mol. The Morgan fingerprint density at radius 1 is 1.28 bits per heavy atom. The zero-order valence-electron chi connectivity index (χ0n) is 14.5. The molecule has 0 spiro atoms. The second-order valence-electron chi connectivity index (χ2n) is 7.10. The summed E-state index contributed by atoms with van der Waals surface area (Å²) < 4.78 is 0. The van der Waals surface area contributed by atoms with E-state index in [0.29, 0.717) is 39.4 Å². The second kappa shape index (κ2) is 6.86. The molecule has 0 aromatic heterocycles. The highest BCUT2D eigenvalue weighted by atomic mass is 35.5. The molecule has 2 aliphatic rings. The lowest BCUT2D eigenvalue weighted by Gasteiger charge is -2.36. The molecule has 5 heteroatoms. The Morgan fingerprint density at radius 2 is 2.00 bits per heavy atom. The molecule has 2 unspecified atom stereocenters. The lowest BCUT2D eigenvalue weighted by atomic mass is 9.71. The third kappa shape index (κ3) is 3.21. The number of halogens is 2. The van der Waals surface area contributed by atoms with Crippen LogP contribution in [0.25, 0.3) is 0 Å². The minimum absolute atomic E-state index is 0.101. The largest absolute Gasteiger partial charge is 0.361 e. The molecule has 1 aromatic carbocycles. The van der Waals surface area contributed by atoms with Crippen molar-refractivity contribution in [1.82, 2.24) is 5.32 Å². The van der Waals surface area contributed by atoms with Crippen LogP contribution in [0, 0.1) is 23.2 Å². The van der Waals surface area contributed by atoms with Gasteiger partial charge in [0.1, 0.15) is 0 Å². The van der Waals surface area contributed by atoms with Gasteiger partial charge in [-0.2, -0.15) is 5.26 Å². The second-order valence-corrected chi connectivity index (χ2v) is 7.95. The van der Waals surface area contributed by atoms with Gasteiger partial charge in [0.05, 0.1) is 17.6 Å². The van der Waals surface area contributed by atoms with E-state index in [1.807, 2.05) is 13.0 Å². The van der Waals surface area contributed by atoms with Crippen molar-refractivity contribution < 1.29 is 4.79 Å². The molecule has 0 saturated carbocycles. The number of rotatable bonds is 2. The van der Waals surface area contributed by atoms with Crippen molar-refractivity contribution in [2.24, 2.45) is 11.8 Å². The normalized spacial score (nSPS) is 23.5. The van der Waals surface area contributed by atoms with Crippen LogP contribution >= 0.6 is 23.2 Å². The molecule has 0 radical (unpaired) electrons. The average molecular weight is 375 g/mol. The first-order valence-corrected chi connectivity index (χ1v) is 9.18. The fraction of sp³-hybridized carbons (Fsp3) is 0.400. The first-order chi connectivity index (χ1) is 11.8. The summed E-state index contributed by atoms with van der Waals surface area (Å²) in [4.78, 5) is 13.0. The van der Waals surface area contributed by atoms with Gasteiger partial charge < -0.3 is 5.32 Å². The molecule has 3 nitrogen and oxygen atoms in total. The maximum Gasteiger partial charge on any atom is 0.161 e. The van der Waals surface area contributed by atoms with E-state index in [-0.39, 0.29) is 5.78 Å². The quantitative estimate of drug-likeness (QED) is 0.756. The standard InChI is InChI=1S/C20H20Cl2N2O/c1-10(2)12-6-17-20(18(25)7-12)19(15(9-23)11(3)24-17)14-5-4-13(21)8-16(14)22/h4-5,8,10,12,19,24H,6-7H2,1-3H3. The third-order valence-electron chi connectivity index (χ3n) is 5.20. The first kappa shape index (κ1) is 18.0. The highest BCUT2D eigenvalue weighted by Gasteiger charge is 2.39. The molecule has 1 aliphatic carbocycles. The summed E-state index contributed by atoms with van der Waals surface area (Å²) in [5.41, 5.74) is 3.70. The molecule has 0 bridgehead atoms. The number of hydrogen-bond acceptors (Lipinski definition) is 3. The Bertz CT molecular complexity index is 846. The van der Waals surface area contributed by atoms with Gasteiger partial charge in [0.2, 0.25) is 0 Å². The molecule has 2 atom stereocenters. The van der Waals surface area contributed by atoms with E-state index in [0.717, 1.165) is 23.4 Å². The number of Topliss-reactive ketones (excluding diaryl/α,β-unsaturated/α-hetero) is 1. The first-order valence-electron chi connectivity index (χ1n) is 8.42. The Balaban J connectivity index is 2.17. The molecule has 1 aliphatic heterocycles.